The van der Waals surface area contributed by atoms with Crippen LogP contribution in [0.1, 0.15) is 18.9 Å². The number of amides is 1. The number of carbonyl (C=O) groups is 1. The number of rotatable bonds is 4. The Balaban J connectivity index is 2.19. The van der Waals surface area contributed by atoms with Crippen LogP contribution in [0.15, 0.2) is 23.1 Å². The van der Waals surface area contributed by atoms with Gasteiger partial charge in [-0.1, -0.05) is 13.0 Å². The van der Waals surface area contributed by atoms with E-state index in [0.717, 1.165) is 16.3 Å². The van der Waals surface area contributed by atoms with Crippen molar-refractivity contribution in [3.63, 3.8) is 0 Å². The fraction of sp³-hybridized carbons (Fsp3) is 0.385. The van der Waals surface area contributed by atoms with E-state index in [9.17, 15) is 10.1 Å². The summed E-state index contributed by atoms with van der Waals surface area (Å²) in [5.41, 5.74) is 1.49. The van der Waals surface area contributed by atoms with E-state index in [1.165, 1.54) is 0 Å². The third-order valence-electron chi connectivity index (χ3n) is 2.77. The first kappa shape index (κ1) is 12.8. The molecule has 0 spiro atoms. The standard InChI is InChI=1S/C13H15N3OS/c1-2-18-12-5-3-4-11(10(12)7-14)16-9-6-13(17)15-8-9/h3-5,9,16H,2,6,8H2,1H3,(H,15,17). The van der Waals surface area contributed by atoms with Gasteiger partial charge in [-0.05, 0) is 17.9 Å². The molecule has 5 heteroatoms. The Hall–Kier alpha value is -1.67. The van der Waals surface area contributed by atoms with Gasteiger partial charge in [0.15, 0.2) is 0 Å². The molecule has 1 atom stereocenters. The number of nitrogens with zero attached hydrogens (tertiary/aromatic N) is 1. The van der Waals surface area contributed by atoms with Crippen LogP contribution >= 0.6 is 11.8 Å². The fourth-order valence-electron chi connectivity index (χ4n) is 1.97. The van der Waals surface area contributed by atoms with Crippen molar-refractivity contribution >= 4 is 23.4 Å². The molecule has 1 heterocycles. The Morgan fingerprint density at radius 3 is 3.06 bits per heavy atom. The van der Waals surface area contributed by atoms with Crippen LogP contribution in [-0.2, 0) is 4.79 Å². The number of thioether (sulfide) groups is 1. The molecule has 0 aromatic heterocycles. The predicted octanol–water partition coefficient (Wildman–Crippen LogP) is 1.97. The van der Waals surface area contributed by atoms with Crippen LogP contribution in [0.4, 0.5) is 5.69 Å². The molecule has 2 rings (SSSR count). The summed E-state index contributed by atoms with van der Waals surface area (Å²) in [5, 5.41) is 15.3. The summed E-state index contributed by atoms with van der Waals surface area (Å²) in [7, 11) is 0. The Kier molecular flexibility index (Phi) is 4.11. The minimum Gasteiger partial charge on any atom is -0.379 e. The lowest BCUT2D eigenvalue weighted by Gasteiger charge is -2.15. The van der Waals surface area contributed by atoms with Gasteiger partial charge in [-0.15, -0.1) is 11.8 Å². The van der Waals surface area contributed by atoms with Crippen molar-refractivity contribution in [1.82, 2.24) is 5.32 Å². The van der Waals surface area contributed by atoms with Gasteiger partial charge in [0.2, 0.25) is 5.91 Å². The van der Waals surface area contributed by atoms with E-state index in [1.807, 2.05) is 18.2 Å². The van der Waals surface area contributed by atoms with Crippen LogP contribution in [-0.4, -0.2) is 24.2 Å². The molecule has 1 aromatic rings. The molecule has 0 saturated carbocycles. The van der Waals surface area contributed by atoms with Crippen LogP contribution in [0.3, 0.4) is 0 Å². The van der Waals surface area contributed by atoms with E-state index in [4.69, 9.17) is 0 Å². The van der Waals surface area contributed by atoms with E-state index >= 15 is 0 Å². The number of hydrogen-bond donors (Lipinski definition) is 2. The first-order valence-electron chi connectivity index (χ1n) is 5.93. The van der Waals surface area contributed by atoms with Crippen LogP contribution in [0, 0.1) is 11.3 Å². The quantitative estimate of drug-likeness (QED) is 0.813. The van der Waals surface area contributed by atoms with Gasteiger partial charge < -0.3 is 10.6 Å². The molecule has 1 amide bonds. The maximum Gasteiger partial charge on any atom is 0.222 e. The summed E-state index contributed by atoms with van der Waals surface area (Å²) in [6.45, 7) is 2.68. The molecule has 1 aliphatic rings. The van der Waals surface area contributed by atoms with Crippen LogP contribution < -0.4 is 10.6 Å². The maximum absolute atomic E-state index is 11.1. The average molecular weight is 261 g/mol. The third-order valence-corrected chi connectivity index (χ3v) is 3.71. The second-order valence-electron chi connectivity index (χ2n) is 4.07. The molecule has 0 radical (unpaired) electrons. The second kappa shape index (κ2) is 5.78. The van der Waals surface area contributed by atoms with Gasteiger partial charge in [-0.25, -0.2) is 0 Å². The highest BCUT2D eigenvalue weighted by Crippen LogP contribution is 2.28. The first-order valence-corrected chi connectivity index (χ1v) is 6.92. The number of carbonyl (C=O) groups excluding carboxylic acids is 1. The van der Waals surface area contributed by atoms with Gasteiger partial charge in [0, 0.05) is 17.9 Å². The summed E-state index contributed by atoms with van der Waals surface area (Å²) in [6, 6.07) is 8.10. The van der Waals surface area contributed by atoms with Gasteiger partial charge in [0.1, 0.15) is 6.07 Å². The van der Waals surface area contributed by atoms with Crippen molar-refractivity contribution in [1.29, 1.82) is 5.26 Å². The van der Waals surface area contributed by atoms with E-state index in [2.05, 4.69) is 23.6 Å². The number of nitrogens with one attached hydrogen (secondary N) is 2. The lowest BCUT2D eigenvalue weighted by atomic mass is 10.1. The normalized spacial score (nSPS) is 18.2. The van der Waals surface area contributed by atoms with Gasteiger partial charge in [0.25, 0.3) is 0 Å². The smallest absolute Gasteiger partial charge is 0.222 e. The van der Waals surface area contributed by atoms with Gasteiger partial charge in [0.05, 0.1) is 17.3 Å². The van der Waals surface area contributed by atoms with E-state index < -0.39 is 0 Å². The minimum absolute atomic E-state index is 0.0603. The molecule has 0 aliphatic carbocycles. The molecule has 4 nitrogen and oxygen atoms in total. The molecule has 0 bridgehead atoms. The van der Waals surface area contributed by atoms with Gasteiger partial charge in [-0.3, -0.25) is 4.79 Å². The molecule has 1 aliphatic heterocycles. The summed E-state index contributed by atoms with van der Waals surface area (Å²) in [6.07, 6.45) is 0.468. The molecule has 94 valence electrons. The van der Waals surface area contributed by atoms with Crippen LogP contribution in [0.2, 0.25) is 0 Å². The highest BCUT2D eigenvalue weighted by molar-refractivity contribution is 7.99. The van der Waals surface area contributed by atoms with Crippen molar-refractivity contribution in [2.45, 2.75) is 24.3 Å². The van der Waals surface area contributed by atoms with Crippen LogP contribution in [0.5, 0.6) is 0 Å². The van der Waals surface area contributed by atoms with Crippen LogP contribution in [0.25, 0.3) is 0 Å². The summed E-state index contributed by atoms with van der Waals surface area (Å²) in [4.78, 5) is 12.1. The lowest BCUT2D eigenvalue weighted by Crippen LogP contribution is -2.22. The molecular formula is C13H15N3OS. The maximum atomic E-state index is 11.1. The zero-order valence-electron chi connectivity index (χ0n) is 10.2. The Bertz CT molecular complexity index is 495. The largest absolute Gasteiger partial charge is 0.379 e. The highest BCUT2D eigenvalue weighted by Gasteiger charge is 2.22. The van der Waals surface area contributed by atoms with Crippen molar-refractivity contribution in [2.24, 2.45) is 0 Å². The average Bonchev–Trinajstić information content (AvgIpc) is 2.76. The van der Waals surface area contributed by atoms with Gasteiger partial charge >= 0.3 is 0 Å². The second-order valence-corrected chi connectivity index (χ2v) is 5.38. The van der Waals surface area contributed by atoms with Crippen molar-refractivity contribution in [3.05, 3.63) is 23.8 Å². The van der Waals surface area contributed by atoms with Gasteiger partial charge in [-0.2, -0.15) is 5.26 Å². The molecule has 2 N–H and O–H groups in total. The SMILES string of the molecule is CCSc1cccc(NC2CNC(=O)C2)c1C#N. The Morgan fingerprint density at radius 2 is 2.44 bits per heavy atom. The van der Waals surface area contributed by atoms with E-state index in [1.54, 1.807) is 11.8 Å². The van der Waals surface area contributed by atoms with E-state index in [0.29, 0.717) is 18.5 Å². The highest BCUT2D eigenvalue weighted by atomic mass is 32.2. The summed E-state index contributed by atoms with van der Waals surface area (Å²) < 4.78 is 0. The fourth-order valence-corrected chi connectivity index (χ4v) is 2.76. The molecule has 1 saturated heterocycles. The van der Waals surface area contributed by atoms with Crippen molar-refractivity contribution in [3.8, 4) is 6.07 Å². The molecule has 18 heavy (non-hydrogen) atoms. The summed E-state index contributed by atoms with van der Waals surface area (Å²) in [5.74, 6) is 0.992. The molecule has 1 aromatic carbocycles. The summed E-state index contributed by atoms with van der Waals surface area (Å²) >= 11 is 1.65. The zero-order chi connectivity index (χ0) is 13.0. The van der Waals surface area contributed by atoms with E-state index in [-0.39, 0.29) is 11.9 Å². The molecular weight excluding hydrogens is 246 g/mol. The third kappa shape index (κ3) is 2.77. The Morgan fingerprint density at radius 1 is 1.61 bits per heavy atom. The molecule has 1 fully saturated rings. The lowest BCUT2D eigenvalue weighted by molar-refractivity contribution is -0.119. The topological polar surface area (TPSA) is 64.9 Å². The predicted molar refractivity (Wildman–Crippen MR) is 72.6 cm³/mol. The number of benzene rings is 1. The van der Waals surface area contributed by atoms with Crippen molar-refractivity contribution < 1.29 is 4.79 Å². The number of anilines is 1. The first-order chi connectivity index (χ1) is 8.74. The minimum atomic E-state index is 0.0603. The monoisotopic (exact) mass is 261 g/mol. The molecule has 1 unspecified atom stereocenters. The Labute approximate surface area is 111 Å². The number of hydrogen-bond acceptors (Lipinski definition) is 4. The zero-order valence-corrected chi connectivity index (χ0v) is 11.0. The number of nitriles is 1. The van der Waals surface area contributed by atoms with Crippen molar-refractivity contribution in [2.75, 3.05) is 17.6 Å².